The van der Waals surface area contributed by atoms with Gasteiger partial charge < -0.3 is 15.4 Å². The molecule has 0 amide bonds. The Labute approximate surface area is 145 Å². The molecule has 0 saturated carbocycles. The number of para-hydroxylation sites is 1. The summed E-state index contributed by atoms with van der Waals surface area (Å²) in [5.74, 6) is 0.260. The van der Waals surface area contributed by atoms with Gasteiger partial charge in [0, 0.05) is 23.0 Å². The van der Waals surface area contributed by atoms with E-state index in [1.54, 1.807) is 12.1 Å². The van der Waals surface area contributed by atoms with Crippen LogP contribution < -0.4 is 5.32 Å². The lowest BCUT2D eigenvalue weighted by Gasteiger charge is -2.21. The second kappa shape index (κ2) is 5.94. The van der Waals surface area contributed by atoms with Gasteiger partial charge in [0.2, 0.25) is 0 Å². The van der Waals surface area contributed by atoms with Crippen LogP contribution in [-0.4, -0.2) is 22.1 Å². The number of phenolic OH excluding ortho intramolecular Hbond substituents is 1. The van der Waals surface area contributed by atoms with Gasteiger partial charge in [-0.1, -0.05) is 24.3 Å². The highest BCUT2D eigenvalue weighted by molar-refractivity contribution is 6.18. The van der Waals surface area contributed by atoms with Gasteiger partial charge in [-0.05, 0) is 42.3 Å². The molecule has 1 atom stereocenters. The van der Waals surface area contributed by atoms with E-state index >= 15 is 0 Å². The fraction of sp³-hybridized carbons (Fsp3) is 0.100. The number of nitrogens with one attached hydrogen (secondary N) is 3. The van der Waals surface area contributed by atoms with E-state index in [4.69, 9.17) is 5.41 Å². The first-order valence-electron chi connectivity index (χ1n) is 8.09. The molecule has 2 heterocycles. The molecule has 0 fully saturated rings. The van der Waals surface area contributed by atoms with Gasteiger partial charge in [0.05, 0.1) is 17.4 Å². The summed E-state index contributed by atoms with van der Waals surface area (Å²) in [5.41, 5.74) is 6.72. The number of hydrogen-bond acceptors (Lipinski definition) is 3. The Morgan fingerprint density at radius 1 is 1.12 bits per heavy atom. The summed E-state index contributed by atoms with van der Waals surface area (Å²) in [4.78, 5) is 7.59. The van der Waals surface area contributed by atoms with Gasteiger partial charge in [-0.3, -0.25) is 5.41 Å². The number of aromatic nitrogens is 1. The number of rotatable bonds is 2. The Hall–Kier alpha value is -3.34. The first kappa shape index (κ1) is 15.2. The zero-order valence-electron chi connectivity index (χ0n) is 13.7. The van der Waals surface area contributed by atoms with Crippen molar-refractivity contribution < 1.29 is 5.11 Å². The molecule has 1 unspecified atom stereocenters. The second-order valence-corrected chi connectivity index (χ2v) is 6.08. The van der Waals surface area contributed by atoms with E-state index in [-0.39, 0.29) is 11.8 Å². The van der Waals surface area contributed by atoms with Crippen LogP contribution in [0, 0.1) is 12.3 Å². The standard InChI is InChI=1S/C20H18N4O/c1-12-10-13(25)6-7-14(12)18-16-8-9-22-20(16)19(23-11-21)15-4-2-3-5-17(15)24-18/h2-11,18,21-22,24-25H,1H3. The van der Waals surface area contributed by atoms with Crippen LogP contribution >= 0.6 is 0 Å². The predicted molar refractivity (Wildman–Crippen MR) is 100.0 cm³/mol. The number of aromatic amines is 1. The number of aryl methyl sites for hydroxylation is 1. The third-order valence-corrected chi connectivity index (χ3v) is 4.57. The maximum Gasteiger partial charge on any atom is 0.115 e. The molecule has 0 radical (unpaired) electrons. The van der Waals surface area contributed by atoms with Gasteiger partial charge in [-0.2, -0.15) is 0 Å². The highest BCUT2D eigenvalue weighted by Crippen LogP contribution is 2.37. The zero-order valence-corrected chi connectivity index (χ0v) is 13.7. The number of anilines is 1. The summed E-state index contributed by atoms with van der Waals surface area (Å²) < 4.78 is 0. The Kier molecular flexibility index (Phi) is 3.61. The highest BCUT2D eigenvalue weighted by Gasteiger charge is 2.28. The molecule has 3 aromatic rings. The van der Waals surface area contributed by atoms with Crippen LogP contribution in [0.2, 0.25) is 0 Å². The quantitative estimate of drug-likeness (QED) is 0.423. The maximum absolute atomic E-state index is 9.75. The monoisotopic (exact) mass is 330 g/mol. The second-order valence-electron chi connectivity index (χ2n) is 6.08. The predicted octanol–water partition coefficient (Wildman–Crippen LogP) is 3.99. The van der Waals surface area contributed by atoms with Gasteiger partial charge in [0.25, 0.3) is 0 Å². The average molecular weight is 330 g/mol. The molecule has 0 bridgehead atoms. The molecule has 0 spiro atoms. The first-order chi connectivity index (χ1) is 12.2. The summed E-state index contributed by atoms with van der Waals surface area (Å²) in [6.45, 7) is 1.99. The van der Waals surface area contributed by atoms with Crippen molar-refractivity contribution in [1.29, 1.82) is 5.41 Å². The Balaban J connectivity index is 1.97. The number of hydrogen-bond donors (Lipinski definition) is 4. The molecular weight excluding hydrogens is 312 g/mol. The van der Waals surface area contributed by atoms with Crippen molar-refractivity contribution in [2.45, 2.75) is 13.0 Å². The van der Waals surface area contributed by atoms with Crippen LogP contribution in [0.4, 0.5) is 5.69 Å². The van der Waals surface area contributed by atoms with Gasteiger partial charge in [0.15, 0.2) is 0 Å². The van der Waals surface area contributed by atoms with Crippen LogP contribution in [0.3, 0.4) is 0 Å². The molecule has 0 aliphatic carbocycles. The number of phenols is 1. The molecule has 5 heteroatoms. The van der Waals surface area contributed by atoms with E-state index in [0.717, 1.165) is 45.7 Å². The van der Waals surface area contributed by atoms with Crippen molar-refractivity contribution in [3.63, 3.8) is 0 Å². The van der Waals surface area contributed by atoms with Gasteiger partial charge >= 0.3 is 0 Å². The van der Waals surface area contributed by atoms with Crippen molar-refractivity contribution >= 4 is 17.7 Å². The average Bonchev–Trinajstić information content (AvgIpc) is 3.03. The first-order valence-corrected chi connectivity index (χ1v) is 8.09. The normalized spacial score (nSPS) is 17.3. The molecule has 1 aliphatic heterocycles. The molecule has 1 aromatic heterocycles. The Morgan fingerprint density at radius 2 is 1.96 bits per heavy atom. The summed E-state index contributed by atoms with van der Waals surface area (Å²) in [6.07, 6.45) is 2.96. The number of aliphatic imine (C=N–C) groups is 1. The number of aromatic hydroxyl groups is 1. The third kappa shape index (κ3) is 2.50. The van der Waals surface area contributed by atoms with E-state index in [1.165, 1.54) is 0 Å². The fourth-order valence-electron chi connectivity index (χ4n) is 3.44. The Morgan fingerprint density at radius 3 is 2.76 bits per heavy atom. The van der Waals surface area contributed by atoms with Crippen molar-refractivity contribution in [1.82, 2.24) is 4.98 Å². The van der Waals surface area contributed by atoms with Crippen LogP contribution in [0.25, 0.3) is 0 Å². The number of nitrogens with zero attached hydrogens (tertiary/aromatic N) is 1. The van der Waals surface area contributed by atoms with Crippen LogP contribution in [0.1, 0.15) is 34.0 Å². The van der Waals surface area contributed by atoms with Crippen molar-refractivity contribution in [3.8, 4) is 5.75 Å². The minimum atomic E-state index is -0.0820. The lowest BCUT2D eigenvalue weighted by Crippen LogP contribution is -2.13. The van der Waals surface area contributed by atoms with E-state index in [2.05, 4.69) is 15.3 Å². The van der Waals surface area contributed by atoms with Gasteiger partial charge in [-0.25, -0.2) is 4.99 Å². The molecule has 0 saturated heterocycles. The van der Waals surface area contributed by atoms with E-state index < -0.39 is 0 Å². The van der Waals surface area contributed by atoms with Gasteiger partial charge in [0.1, 0.15) is 12.1 Å². The maximum atomic E-state index is 9.75. The van der Waals surface area contributed by atoms with Crippen LogP contribution in [0.5, 0.6) is 5.75 Å². The van der Waals surface area contributed by atoms with Crippen LogP contribution in [-0.2, 0) is 0 Å². The van der Waals surface area contributed by atoms with Crippen molar-refractivity contribution in [2.24, 2.45) is 4.99 Å². The lowest BCUT2D eigenvalue weighted by atomic mass is 9.94. The minimum Gasteiger partial charge on any atom is -0.508 e. The van der Waals surface area contributed by atoms with E-state index in [1.807, 2.05) is 49.5 Å². The molecule has 25 heavy (non-hydrogen) atoms. The summed E-state index contributed by atoms with van der Waals surface area (Å²) in [5, 5.41) is 20.8. The minimum absolute atomic E-state index is 0.0820. The number of benzene rings is 2. The summed E-state index contributed by atoms with van der Waals surface area (Å²) in [6, 6.07) is 15.3. The smallest absolute Gasteiger partial charge is 0.115 e. The molecule has 1 aliphatic rings. The third-order valence-electron chi connectivity index (χ3n) is 4.57. The molecular formula is C20H18N4O. The Bertz CT molecular complexity index is 987. The molecule has 124 valence electrons. The van der Waals surface area contributed by atoms with Gasteiger partial charge in [-0.15, -0.1) is 0 Å². The molecule has 4 N–H and O–H groups in total. The summed E-state index contributed by atoms with van der Waals surface area (Å²) in [7, 11) is 0. The lowest BCUT2D eigenvalue weighted by molar-refractivity contribution is 0.474. The molecule has 5 nitrogen and oxygen atoms in total. The SMILES string of the molecule is Cc1cc(O)ccc1C1Nc2ccccc2C(=NC=N)c2[nH]ccc21. The van der Waals surface area contributed by atoms with Crippen molar-refractivity contribution in [3.05, 3.63) is 82.7 Å². The van der Waals surface area contributed by atoms with E-state index in [0.29, 0.717) is 0 Å². The topological polar surface area (TPSA) is 84.3 Å². The number of fused-ring (bicyclic) bond motifs is 2. The van der Waals surface area contributed by atoms with E-state index in [9.17, 15) is 5.11 Å². The molecule has 2 aromatic carbocycles. The summed E-state index contributed by atoms with van der Waals surface area (Å²) >= 11 is 0. The largest absolute Gasteiger partial charge is 0.508 e. The highest BCUT2D eigenvalue weighted by atomic mass is 16.3. The molecule has 4 rings (SSSR count). The fourth-order valence-corrected chi connectivity index (χ4v) is 3.44. The van der Waals surface area contributed by atoms with Crippen molar-refractivity contribution in [2.75, 3.05) is 5.32 Å². The van der Waals surface area contributed by atoms with Crippen LogP contribution in [0.15, 0.2) is 59.7 Å². The number of H-pyrrole nitrogens is 1. The zero-order chi connectivity index (χ0) is 17.4.